The van der Waals surface area contributed by atoms with Gasteiger partial charge in [-0.25, -0.2) is 9.78 Å². The van der Waals surface area contributed by atoms with Crippen LogP contribution in [0.1, 0.15) is 37.7 Å². The van der Waals surface area contributed by atoms with E-state index < -0.39 is 11.6 Å². The lowest BCUT2D eigenvalue weighted by atomic mass is 9.69. The standard InChI is InChI=1S/C20H25N3O5/c1-26-14-11-15(27-2)22-16-13(4-10-21-17(14)16)3-5-20-8-6-19(7-9-20,12-28-20)23-18(24)25/h4,10-11,23H,3,5-9,12H2,1-2H3,(H,24,25). The van der Waals surface area contributed by atoms with Crippen LogP contribution in [-0.4, -0.2) is 53.1 Å². The molecule has 150 valence electrons. The first-order chi connectivity index (χ1) is 13.5. The molecule has 8 nitrogen and oxygen atoms in total. The van der Waals surface area contributed by atoms with Gasteiger partial charge in [-0.2, -0.15) is 0 Å². The molecule has 4 heterocycles. The predicted octanol–water partition coefficient (Wildman–Crippen LogP) is 2.93. The fourth-order valence-electron chi connectivity index (χ4n) is 4.42. The van der Waals surface area contributed by atoms with Crippen LogP contribution in [0.5, 0.6) is 11.6 Å². The number of carboxylic acid groups (broad SMARTS) is 1. The molecule has 1 saturated carbocycles. The Balaban J connectivity index is 1.53. The van der Waals surface area contributed by atoms with E-state index >= 15 is 0 Å². The van der Waals surface area contributed by atoms with E-state index in [9.17, 15) is 4.79 Å². The molecule has 2 aromatic rings. The summed E-state index contributed by atoms with van der Waals surface area (Å²) in [5, 5.41) is 11.8. The largest absolute Gasteiger partial charge is 0.494 e. The van der Waals surface area contributed by atoms with Gasteiger partial charge in [0.1, 0.15) is 5.52 Å². The smallest absolute Gasteiger partial charge is 0.405 e. The number of amides is 1. The van der Waals surface area contributed by atoms with Crippen LogP contribution in [0.4, 0.5) is 4.79 Å². The molecule has 28 heavy (non-hydrogen) atoms. The van der Waals surface area contributed by atoms with E-state index in [1.807, 2.05) is 6.07 Å². The zero-order valence-corrected chi connectivity index (χ0v) is 16.2. The summed E-state index contributed by atoms with van der Waals surface area (Å²) in [6.07, 6.45) is 5.80. The van der Waals surface area contributed by atoms with Crippen molar-refractivity contribution in [3.63, 3.8) is 0 Å². The fraction of sp³-hybridized carbons (Fsp3) is 0.550. The first-order valence-electron chi connectivity index (χ1n) is 9.50. The van der Waals surface area contributed by atoms with Crippen molar-refractivity contribution in [3.05, 3.63) is 23.9 Å². The zero-order valence-electron chi connectivity index (χ0n) is 16.2. The third kappa shape index (κ3) is 3.32. The van der Waals surface area contributed by atoms with Crippen molar-refractivity contribution in [2.45, 2.75) is 49.7 Å². The number of nitrogens with zero attached hydrogens (tertiary/aromatic N) is 2. The van der Waals surface area contributed by atoms with Gasteiger partial charge in [-0.05, 0) is 50.2 Å². The molecule has 2 aromatic heterocycles. The Morgan fingerprint density at radius 3 is 2.64 bits per heavy atom. The van der Waals surface area contributed by atoms with Crippen molar-refractivity contribution >= 4 is 17.1 Å². The van der Waals surface area contributed by atoms with Crippen molar-refractivity contribution < 1.29 is 24.1 Å². The second-order valence-electron chi connectivity index (χ2n) is 7.72. The van der Waals surface area contributed by atoms with Crippen LogP contribution in [0.15, 0.2) is 18.3 Å². The molecule has 0 spiro atoms. The second-order valence-corrected chi connectivity index (χ2v) is 7.72. The molecule has 0 unspecified atom stereocenters. The molecule has 5 rings (SSSR count). The highest BCUT2D eigenvalue weighted by Crippen LogP contribution is 2.46. The monoisotopic (exact) mass is 387 g/mol. The number of ether oxygens (including phenoxy) is 3. The molecular formula is C20H25N3O5. The predicted molar refractivity (Wildman–Crippen MR) is 102 cm³/mol. The summed E-state index contributed by atoms with van der Waals surface area (Å²) in [6.45, 7) is 0.441. The van der Waals surface area contributed by atoms with Gasteiger partial charge in [-0.3, -0.25) is 4.98 Å². The third-order valence-electron chi connectivity index (χ3n) is 6.14. The molecule has 1 aliphatic carbocycles. The highest BCUT2D eigenvalue weighted by molar-refractivity contribution is 5.84. The minimum Gasteiger partial charge on any atom is -0.494 e. The summed E-state index contributed by atoms with van der Waals surface area (Å²) in [7, 11) is 3.19. The molecule has 3 aliphatic rings. The zero-order chi connectivity index (χ0) is 19.8. The summed E-state index contributed by atoms with van der Waals surface area (Å²) in [5.41, 5.74) is 1.96. The number of hydrogen-bond donors (Lipinski definition) is 2. The maximum atomic E-state index is 11.1. The Labute approximate surface area is 163 Å². The number of hydrogen-bond acceptors (Lipinski definition) is 6. The van der Waals surface area contributed by atoms with Crippen LogP contribution < -0.4 is 14.8 Å². The molecule has 0 radical (unpaired) electrons. The Morgan fingerprint density at radius 1 is 1.25 bits per heavy atom. The van der Waals surface area contributed by atoms with Crippen LogP contribution >= 0.6 is 0 Å². The lowest BCUT2D eigenvalue weighted by Crippen LogP contribution is -2.62. The van der Waals surface area contributed by atoms with Crippen molar-refractivity contribution in [2.24, 2.45) is 0 Å². The van der Waals surface area contributed by atoms with E-state index in [0.29, 0.717) is 18.2 Å². The van der Waals surface area contributed by atoms with Gasteiger partial charge in [-0.15, -0.1) is 0 Å². The highest BCUT2D eigenvalue weighted by Gasteiger charge is 2.50. The van der Waals surface area contributed by atoms with Crippen LogP contribution in [0.3, 0.4) is 0 Å². The number of aromatic nitrogens is 2. The maximum absolute atomic E-state index is 11.1. The van der Waals surface area contributed by atoms with E-state index in [0.717, 1.165) is 55.1 Å². The van der Waals surface area contributed by atoms with Gasteiger partial charge in [0.05, 0.1) is 37.5 Å². The quantitative estimate of drug-likeness (QED) is 0.785. The van der Waals surface area contributed by atoms with Gasteiger partial charge < -0.3 is 24.6 Å². The molecular weight excluding hydrogens is 362 g/mol. The average molecular weight is 387 g/mol. The summed E-state index contributed by atoms with van der Waals surface area (Å²) in [5.74, 6) is 1.13. The SMILES string of the molecule is COc1cc(OC)c2nccc(CCC34CCC(NC(=O)O)(CC3)CO4)c2n1. The lowest BCUT2D eigenvalue weighted by Gasteiger charge is -2.53. The van der Waals surface area contributed by atoms with Crippen molar-refractivity contribution in [2.75, 3.05) is 20.8 Å². The number of rotatable bonds is 6. The number of pyridine rings is 2. The Bertz CT molecular complexity index is 876. The van der Waals surface area contributed by atoms with Crippen LogP contribution in [0.25, 0.3) is 11.0 Å². The van der Waals surface area contributed by atoms with Gasteiger partial charge in [0, 0.05) is 12.3 Å². The minimum absolute atomic E-state index is 0.194. The third-order valence-corrected chi connectivity index (χ3v) is 6.14. The van der Waals surface area contributed by atoms with E-state index in [-0.39, 0.29) is 5.60 Å². The molecule has 2 N–H and O–H groups in total. The number of carbonyl (C=O) groups is 1. The molecule has 2 aliphatic heterocycles. The summed E-state index contributed by atoms with van der Waals surface area (Å²) in [4.78, 5) is 20.1. The minimum atomic E-state index is -0.977. The van der Waals surface area contributed by atoms with Crippen LogP contribution in [0, 0.1) is 0 Å². The Kier molecular flexibility index (Phi) is 4.74. The number of methoxy groups -OCH3 is 2. The van der Waals surface area contributed by atoms with Crippen LogP contribution in [-0.2, 0) is 11.2 Å². The second kappa shape index (κ2) is 7.09. The number of aryl methyl sites for hydroxylation is 1. The van der Waals surface area contributed by atoms with Gasteiger partial charge in [0.25, 0.3) is 0 Å². The molecule has 1 amide bonds. The summed E-state index contributed by atoms with van der Waals surface area (Å²) in [6, 6.07) is 3.71. The maximum Gasteiger partial charge on any atom is 0.405 e. The van der Waals surface area contributed by atoms with Crippen LogP contribution in [0.2, 0.25) is 0 Å². The molecule has 2 saturated heterocycles. The number of fused-ring (bicyclic) bond motifs is 4. The first-order valence-corrected chi connectivity index (χ1v) is 9.50. The molecule has 2 bridgehead atoms. The Hall–Kier alpha value is -2.61. The Morgan fingerprint density at radius 2 is 2.04 bits per heavy atom. The van der Waals surface area contributed by atoms with Crippen molar-refractivity contribution in [3.8, 4) is 11.6 Å². The van der Waals surface area contributed by atoms with Crippen molar-refractivity contribution in [1.29, 1.82) is 0 Å². The normalized spacial score (nSPS) is 26.2. The van der Waals surface area contributed by atoms with Gasteiger partial charge in [-0.1, -0.05) is 0 Å². The van der Waals surface area contributed by atoms with Gasteiger partial charge in [0.2, 0.25) is 5.88 Å². The number of nitrogens with one attached hydrogen (secondary N) is 1. The first kappa shape index (κ1) is 18.7. The van der Waals surface area contributed by atoms with E-state index in [1.54, 1.807) is 26.5 Å². The van der Waals surface area contributed by atoms with E-state index in [1.165, 1.54) is 0 Å². The van der Waals surface area contributed by atoms with E-state index in [2.05, 4.69) is 15.3 Å². The van der Waals surface area contributed by atoms with Gasteiger partial charge >= 0.3 is 6.09 Å². The summed E-state index contributed by atoms with van der Waals surface area (Å²) < 4.78 is 16.9. The molecule has 0 aromatic carbocycles. The molecule has 8 heteroatoms. The summed E-state index contributed by atoms with van der Waals surface area (Å²) >= 11 is 0. The van der Waals surface area contributed by atoms with E-state index in [4.69, 9.17) is 19.3 Å². The topological polar surface area (TPSA) is 103 Å². The van der Waals surface area contributed by atoms with Gasteiger partial charge in [0.15, 0.2) is 5.75 Å². The molecule has 3 fully saturated rings. The average Bonchev–Trinajstić information content (AvgIpc) is 2.72. The highest BCUT2D eigenvalue weighted by atomic mass is 16.5. The molecule has 0 atom stereocenters. The van der Waals surface area contributed by atoms with Crippen molar-refractivity contribution in [1.82, 2.24) is 15.3 Å². The fourth-order valence-corrected chi connectivity index (χ4v) is 4.42. The lowest BCUT2D eigenvalue weighted by molar-refractivity contribution is -0.162.